The maximum absolute atomic E-state index is 13.4. The van der Waals surface area contributed by atoms with E-state index in [1.165, 1.54) is 111 Å². The summed E-state index contributed by atoms with van der Waals surface area (Å²) in [6.07, 6.45) is 39.5. The molecule has 4 aromatic heterocycles. The molecule has 4 heterocycles. The third-order valence-corrected chi connectivity index (χ3v) is 41.5. The highest BCUT2D eigenvalue weighted by molar-refractivity contribution is 7.10. The lowest BCUT2D eigenvalue weighted by Crippen LogP contribution is -2.53. The number of furan rings is 1. The summed E-state index contributed by atoms with van der Waals surface area (Å²) in [6.45, 7) is 11.6. The average Bonchev–Trinajstić information content (AvgIpc) is 1.67. The number of halogens is 3. The van der Waals surface area contributed by atoms with Crippen LogP contribution in [-0.2, 0) is 49.6 Å². The number of fused-ring (bicyclic) bond motifs is 20. The van der Waals surface area contributed by atoms with E-state index in [0.717, 1.165) is 180 Å². The van der Waals surface area contributed by atoms with Crippen LogP contribution in [0.25, 0.3) is 0 Å². The lowest BCUT2D eigenvalue weighted by atomic mass is 9.49. The Balaban J connectivity index is 0.000000112. The second kappa shape index (κ2) is 34.2. The van der Waals surface area contributed by atoms with Gasteiger partial charge in [0, 0.05) is 64.7 Å². The zero-order valence-electron chi connectivity index (χ0n) is 71.7. The van der Waals surface area contributed by atoms with Crippen LogP contribution in [0, 0.1) is 164 Å². The van der Waals surface area contributed by atoms with Crippen molar-refractivity contribution in [1.82, 2.24) is 0 Å². The van der Waals surface area contributed by atoms with E-state index in [-0.39, 0.29) is 64.1 Å². The first kappa shape index (κ1) is 85.8. The number of ether oxygens (including phenoxy) is 1. The van der Waals surface area contributed by atoms with E-state index in [1.807, 2.05) is 36.6 Å². The zero-order valence-corrected chi connectivity index (χ0v) is 74.1. The van der Waals surface area contributed by atoms with Gasteiger partial charge in [0.1, 0.15) is 41.2 Å². The van der Waals surface area contributed by atoms with Crippen LogP contribution in [0.15, 0.2) is 75.4 Å². The normalized spacial score (nSPS) is 46.3. The molecular formula is C101H143F3O10S3. The molecule has 0 aliphatic heterocycles. The topological polar surface area (TPSA) is 172 Å². The monoisotopic (exact) mass is 1670 g/mol. The fourth-order valence-corrected chi connectivity index (χ4v) is 35.7. The molecule has 16 saturated carbocycles. The van der Waals surface area contributed by atoms with E-state index >= 15 is 0 Å². The van der Waals surface area contributed by atoms with Crippen molar-refractivity contribution in [2.75, 3.05) is 20.4 Å². The molecule has 16 aliphatic rings. The Morgan fingerprint density at radius 2 is 0.735 bits per heavy atom. The summed E-state index contributed by atoms with van der Waals surface area (Å²) < 4.78 is 50.9. The van der Waals surface area contributed by atoms with Crippen molar-refractivity contribution in [2.45, 2.75) is 320 Å². The smallest absolute Gasteiger partial charge is 0.266 e. The zero-order chi connectivity index (χ0) is 81.8. The number of aliphatic hydroxyl groups is 4. The fourth-order valence-electron chi connectivity index (χ4n) is 33.6. The second-order valence-corrected chi connectivity index (χ2v) is 47.3. The van der Waals surface area contributed by atoms with Crippen molar-refractivity contribution in [3.63, 3.8) is 0 Å². The number of thiophene rings is 3. The summed E-state index contributed by atoms with van der Waals surface area (Å²) in [5.41, 5.74) is -3.15. The Morgan fingerprint density at radius 3 is 1.09 bits per heavy atom. The molecule has 0 radical (unpaired) electrons. The van der Waals surface area contributed by atoms with Gasteiger partial charge in [-0.2, -0.15) is 0 Å². The van der Waals surface area contributed by atoms with Crippen molar-refractivity contribution in [1.29, 1.82) is 0 Å². The number of ketones is 4. The maximum atomic E-state index is 13.4. The Morgan fingerprint density at radius 1 is 0.393 bits per heavy atom. The van der Waals surface area contributed by atoms with Crippen LogP contribution in [0.3, 0.4) is 0 Å². The standard InChI is InChI=1S/C26H38O3S.C25H34F2O2S.C25H35FO2S.C25H36O3/c1-25-11-9-20-19-10-12-26(28,16-29-2)15-17(19)5-6-21(20)22(25)7-8-23(25)24(27)14-18-4-3-13-30-18;1-24-10-8-18-17-9-11-25(29,23(26)27)14-15(17)4-5-19(18)20(24)6-7-21(24)22(28)13-16-3-2-12-30-16;1-24-10-8-19-18-9-11-25(28,15-26)14-16(18)4-5-20(19)21(24)6-7-22(24)23(27)13-17-3-2-12-29-17;1-24(27)11-9-18-16(15-24)5-6-20-19(18)10-12-25(2)21(20)7-8-22(25)23(26)14-17-4-3-13-28-17/h3-4,13,17,19-23,28H,5-12,14-16H2,1-2H3;2-3,12,15,17-21,23,29H,4-11,13-14H2,1H3;2-3,12,16,18-22,28H,4-11,13-15H2,1H3;3-4,13,16,18-22,27H,5-12,14-15H2,1-2H3/t17-,19-,20+,21+,22-,23+,25-,26+;15-,17-,18+,19+,20-,21+,24-,25+;16-,18-,19+,20+,21-,22+,24-,25+;16-,18-,19+,20+,21-,22+,24+,25-/m0000/s1. The first-order valence-electron chi connectivity index (χ1n) is 47.5. The van der Waals surface area contributed by atoms with Gasteiger partial charge in [0.2, 0.25) is 0 Å². The molecule has 16 aliphatic carbocycles. The predicted octanol–water partition coefficient (Wildman–Crippen LogP) is 22.9. The van der Waals surface area contributed by atoms with Crippen LogP contribution in [-0.4, -0.2) is 92.8 Å². The van der Waals surface area contributed by atoms with Gasteiger partial charge in [0.25, 0.3) is 6.43 Å². The molecule has 117 heavy (non-hydrogen) atoms. The van der Waals surface area contributed by atoms with Gasteiger partial charge in [-0.3, -0.25) is 19.2 Å². The molecule has 32 atom stereocenters. The van der Waals surface area contributed by atoms with Crippen LogP contribution < -0.4 is 0 Å². The second-order valence-electron chi connectivity index (χ2n) is 44.2. The predicted molar refractivity (Wildman–Crippen MR) is 458 cm³/mol. The van der Waals surface area contributed by atoms with E-state index in [4.69, 9.17) is 9.15 Å². The molecule has 4 N–H and O–H groups in total. The first-order valence-corrected chi connectivity index (χ1v) is 50.1. The fraction of sp³-hybridized carbons (Fsp3) is 0.802. The summed E-state index contributed by atoms with van der Waals surface area (Å²) in [7, 11) is 1.71. The van der Waals surface area contributed by atoms with Gasteiger partial charge < -0.3 is 29.6 Å². The van der Waals surface area contributed by atoms with Crippen molar-refractivity contribution >= 4 is 57.1 Å². The summed E-state index contributed by atoms with van der Waals surface area (Å²) in [6, 6.07) is 16.2. The van der Waals surface area contributed by atoms with Gasteiger partial charge in [0.15, 0.2) is 0 Å². The van der Waals surface area contributed by atoms with Crippen molar-refractivity contribution in [3.8, 4) is 0 Å². The maximum Gasteiger partial charge on any atom is 0.266 e. The van der Waals surface area contributed by atoms with E-state index < -0.39 is 35.5 Å². The molecule has 0 amide bonds. The van der Waals surface area contributed by atoms with Crippen LogP contribution in [0.2, 0.25) is 0 Å². The molecule has 16 fully saturated rings. The largest absolute Gasteiger partial charge is 0.469 e. The van der Waals surface area contributed by atoms with Gasteiger partial charge >= 0.3 is 0 Å². The first-order chi connectivity index (χ1) is 56.1. The molecule has 646 valence electrons. The SMILES string of the molecule is COC[C@@]1(O)CC[C@H]2[C@@H](CC[C@@H]3[C@@H]2CC[C@]2(C)[C@@H](C(=O)Cc4cccs4)CC[C@@H]32)C1.C[C@@]1(O)CC[C@H]2[C@@H](CC[C@@H]3[C@@H]2CC[C@]2(C)[C@@H](C(=O)Cc4ccco4)CC[C@@H]32)C1.C[C@]12CC[C@H]3[C@@H](CC[C@H]4C[C@@](O)(C(F)F)CC[C@@H]43)[C@@H]1CC[C@@H]2C(=O)Cc1cccs1.C[C@]12CC[C@H]3[C@@H](CC[C@H]4C[C@@](O)(CF)CC[C@@H]43)[C@@H]1CC[C@@H]2C(=O)Cc1cccs1. The molecule has 0 spiro atoms. The lowest BCUT2D eigenvalue weighted by Gasteiger charge is -2.57. The molecule has 20 rings (SSSR count). The van der Waals surface area contributed by atoms with Crippen molar-refractivity contribution in [3.05, 3.63) is 91.3 Å². The quantitative estimate of drug-likeness (QED) is 0.0846. The van der Waals surface area contributed by atoms with Gasteiger partial charge in [-0.25, -0.2) is 13.2 Å². The minimum atomic E-state index is -2.63. The Bertz CT molecular complexity index is 4030. The molecule has 16 heteroatoms. The molecule has 0 aromatic carbocycles. The number of alkyl halides is 3. The minimum absolute atomic E-state index is 0.112. The van der Waals surface area contributed by atoms with Crippen molar-refractivity contribution in [2.24, 2.45) is 164 Å². The summed E-state index contributed by atoms with van der Waals surface area (Å²) in [5, 5.41) is 48.6. The Kier molecular flexibility index (Phi) is 25.1. The van der Waals surface area contributed by atoms with Crippen LogP contribution in [0.1, 0.15) is 286 Å². The summed E-state index contributed by atoms with van der Waals surface area (Å²) in [5.74, 6) is 17.2. The molecule has 0 bridgehead atoms. The van der Waals surface area contributed by atoms with E-state index in [9.17, 15) is 52.8 Å². The van der Waals surface area contributed by atoms with E-state index in [0.29, 0.717) is 116 Å². The highest BCUT2D eigenvalue weighted by atomic mass is 32.1. The molecule has 0 unspecified atom stereocenters. The van der Waals surface area contributed by atoms with E-state index in [1.54, 1.807) is 47.4 Å². The number of Topliss-reactive ketones (excluding diaryl/α,β-unsaturated/α-hetero) is 4. The molecule has 4 aromatic rings. The number of carbonyl (C=O) groups is 4. The van der Waals surface area contributed by atoms with Crippen molar-refractivity contribution < 1.29 is 61.9 Å². The molecule has 0 saturated heterocycles. The highest BCUT2D eigenvalue weighted by Crippen LogP contribution is 2.70. The van der Waals surface area contributed by atoms with Crippen LogP contribution in [0.4, 0.5) is 13.2 Å². The van der Waals surface area contributed by atoms with Gasteiger partial charge in [0.05, 0.1) is 36.1 Å². The number of methoxy groups -OCH3 is 1. The van der Waals surface area contributed by atoms with Crippen LogP contribution >= 0.6 is 34.0 Å². The lowest BCUT2D eigenvalue weighted by molar-refractivity contribution is -0.160. The molecule has 10 nitrogen and oxygen atoms in total. The van der Waals surface area contributed by atoms with Gasteiger partial charge in [-0.05, 0) is 425 Å². The number of carbonyl (C=O) groups excluding carboxylic acids is 4. The van der Waals surface area contributed by atoms with Gasteiger partial charge in [-0.1, -0.05) is 45.9 Å². The van der Waals surface area contributed by atoms with E-state index in [2.05, 4.69) is 62.7 Å². The van der Waals surface area contributed by atoms with Crippen LogP contribution in [0.5, 0.6) is 0 Å². The third-order valence-electron chi connectivity index (χ3n) is 38.8. The Hall–Kier alpha value is -3.35. The molecular weight excluding hydrogens is 1530 g/mol. The minimum Gasteiger partial charge on any atom is -0.469 e. The number of hydrogen-bond acceptors (Lipinski definition) is 13. The van der Waals surface area contributed by atoms with Gasteiger partial charge in [-0.15, -0.1) is 34.0 Å². The highest BCUT2D eigenvalue weighted by Gasteiger charge is 2.65. The summed E-state index contributed by atoms with van der Waals surface area (Å²) >= 11 is 5.10. The average molecular weight is 1670 g/mol. The number of rotatable bonds is 16. The Labute approximate surface area is 710 Å². The third kappa shape index (κ3) is 16.4. The number of hydrogen-bond donors (Lipinski definition) is 4. The summed E-state index contributed by atoms with van der Waals surface area (Å²) in [4.78, 5) is 56.4.